The van der Waals surface area contributed by atoms with Crippen molar-refractivity contribution in [1.29, 1.82) is 0 Å². The SMILES string of the molecule is CCC(C)n1ncc2c(N)ccnc21. The van der Waals surface area contributed by atoms with Gasteiger partial charge in [0.05, 0.1) is 17.6 Å². The molecule has 74 valence electrons. The van der Waals surface area contributed by atoms with E-state index in [2.05, 4.69) is 23.9 Å². The topological polar surface area (TPSA) is 56.7 Å². The minimum atomic E-state index is 0.363. The lowest BCUT2D eigenvalue weighted by Gasteiger charge is -2.09. The fourth-order valence-electron chi connectivity index (χ4n) is 1.46. The lowest BCUT2D eigenvalue weighted by Crippen LogP contribution is -2.06. The quantitative estimate of drug-likeness (QED) is 0.787. The fourth-order valence-corrected chi connectivity index (χ4v) is 1.46. The molecule has 4 nitrogen and oxygen atoms in total. The average Bonchev–Trinajstić information content (AvgIpc) is 2.62. The number of nitrogen functional groups attached to an aromatic ring is 1. The van der Waals surface area contributed by atoms with Crippen molar-refractivity contribution in [3.8, 4) is 0 Å². The number of nitrogens with two attached hydrogens (primary N) is 1. The minimum Gasteiger partial charge on any atom is -0.398 e. The number of fused-ring (bicyclic) bond motifs is 1. The normalized spacial score (nSPS) is 13.3. The second-order valence-electron chi connectivity index (χ2n) is 3.48. The zero-order valence-electron chi connectivity index (χ0n) is 8.44. The molecule has 2 heterocycles. The van der Waals surface area contributed by atoms with E-state index >= 15 is 0 Å². The molecule has 0 aliphatic carbocycles. The van der Waals surface area contributed by atoms with Crippen LogP contribution in [-0.4, -0.2) is 14.8 Å². The Morgan fingerprint density at radius 3 is 3.07 bits per heavy atom. The van der Waals surface area contributed by atoms with Gasteiger partial charge in [-0.25, -0.2) is 9.67 Å². The van der Waals surface area contributed by atoms with Crippen LogP contribution in [0.1, 0.15) is 26.3 Å². The van der Waals surface area contributed by atoms with Gasteiger partial charge in [0.15, 0.2) is 5.65 Å². The molecule has 0 saturated carbocycles. The predicted molar refractivity (Wildman–Crippen MR) is 56.9 cm³/mol. The third-order valence-corrected chi connectivity index (χ3v) is 2.54. The van der Waals surface area contributed by atoms with Gasteiger partial charge < -0.3 is 5.73 Å². The van der Waals surface area contributed by atoms with Crippen LogP contribution < -0.4 is 5.73 Å². The maximum absolute atomic E-state index is 5.82. The number of aromatic nitrogens is 3. The third kappa shape index (κ3) is 1.23. The van der Waals surface area contributed by atoms with Gasteiger partial charge in [0.25, 0.3) is 0 Å². The van der Waals surface area contributed by atoms with E-state index < -0.39 is 0 Å². The van der Waals surface area contributed by atoms with Crippen LogP contribution in [0.25, 0.3) is 11.0 Å². The summed E-state index contributed by atoms with van der Waals surface area (Å²) in [6, 6.07) is 2.16. The molecular weight excluding hydrogens is 176 g/mol. The first-order chi connectivity index (χ1) is 6.74. The highest BCUT2D eigenvalue weighted by Gasteiger charge is 2.10. The zero-order chi connectivity index (χ0) is 10.1. The number of pyridine rings is 1. The summed E-state index contributed by atoms with van der Waals surface area (Å²) < 4.78 is 1.92. The Bertz CT molecular complexity index is 446. The van der Waals surface area contributed by atoms with Crippen molar-refractivity contribution >= 4 is 16.7 Å². The number of hydrogen-bond donors (Lipinski definition) is 1. The number of anilines is 1. The highest BCUT2D eigenvalue weighted by Crippen LogP contribution is 2.21. The van der Waals surface area contributed by atoms with Gasteiger partial charge in [-0.05, 0) is 19.4 Å². The highest BCUT2D eigenvalue weighted by atomic mass is 15.3. The van der Waals surface area contributed by atoms with Crippen molar-refractivity contribution in [1.82, 2.24) is 14.8 Å². The van der Waals surface area contributed by atoms with E-state index in [1.165, 1.54) is 0 Å². The van der Waals surface area contributed by atoms with Gasteiger partial charge in [-0.1, -0.05) is 6.92 Å². The van der Waals surface area contributed by atoms with Gasteiger partial charge >= 0.3 is 0 Å². The van der Waals surface area contributed by atoms with Crippen molar-refractivity contribution in [2.45, 2.75) is 26.3 Å². The molecule has 0 amide bonds. The van der Waals surface area contributed by atoms with Crippen LogP contribution in [0.2, 0.25) is 0 Å². The molecule has 0 saturated heterocycles. The summed E-state index contributed by atoms with van der Waals surface area (Å²) in [5.74, 6) is 0. The van der Waals surface area contributed by atoms with Crippen LogP contribution in [0, 0.1) is 0 Å². The van der Waals surface area contributed by atoms with Crippen molar-refractivity contribution in [2.24, 2.45) is 0 Å². The van der Waals surface area contributed by atoms with E-state index in [9.17, 15) is 0 Å². The molecule has 2 rings (SSSR count). The Balaban J connectivity index is 2.63. The number of rotatable bonds is 2. The summed E-state index contributed by atoms with van der Waals surface area (Å²) in [6.45, 7) is 4.25. The van der Waals surface area contributed by atoms with E-state index in [4.69, 9.17) is 5.73 Å². The third-order valence-electron chi connectivity index (χ3n) is 2.54. The molecule has 2 aromatic rings. The van der Waals surface area contributed by atoms with Crippen molar-refractivity contribution < 1.29 is 0 Å². The summed E-state index contributed by atoms with van der Waals surface area (Å²) in [5.41, 5.74) is 7.43. The molecule has 0 aromatic carbocycles. The first-order valence-corrected chi connectivity index (χ1v) is 4.81. The van der Waals surface area contributed by atoms with E-state index in [-0.39, 0.29) is 0 Å². The minimum absolute atomic E-state index is 0.363. The van der Waals surface area contributed by atoms with Crippen LogP contribution in [0.5, 0.6) is 0 Å². The van der Waals surface area contributed by atoms with E-state index in [0.29, 0.717) is 6.04 Å². The van der Waals surface area contributed by atoms with E-state index in [0.717, 1.165) is 23.1 Å². The molecule has 2 aromatic heterocycles. The molecular formula is C10H14N4. The molecule has 0 aliphatic heterocycles. The highest BCUT2D eigenvalue weighted by molar-refractivity contribution is 5.87. The van der Waals surface area contributed by atoms with Crippen LogP contribution in [-0.2, 0) is 0 Å². The monoisotopic (exact) mass is 190 g/mol. The lowest BCUT2D eigenvalue weighted by molar-refractivity contribution is 0.490. The van der Waals surface area contributed by atoms with Crippen molar-refractivity contribution in [2.75, 3.05) is 5.73 Å². The van der Waals surface area contributed by atoms with Crippen LogP contribution in [0.15, 0.2) is 18.5 Å². The Hall–Kier alpha value is -1.58. The Labute approximate surface area is 82.7 Å². The fraction of sp³-hybridized carbons (Fsp3) is 0.400. The molecule has 1 unspecified atom stereocenters. The first-order valence-electron chi connectivity index (χ1n) is 4.81. The molecule has 4 heteroatoms. The van der Waals surface area contributed by atoms with Gasteiger partial charge in [0, 0.05) is 11.9 Å². The van der Waals surface area contributed by atoms with Crippen LogP contribution in [0.4, 0.5) is 5.69 Å². The van der Waals surface area contributed by atoms with Gasteiger partial charge in [-0.3, -0.25) is 0 Å². The summed E-state index contributed by atoms with van der Waals surface area (Å²) in [6.07, 6.45) is 4.54. The maximum atomic E-state index is 5.82. The second kappa shape index (κ2) is 3.29. The molecule has 0 fully saturated rings. The maximum Gasteiger partial charge on any atom is 0.160 e. The summed E-state index contributed by atoms with van der Waals surface area (Å²) in [7, 11) is 0. The molecule has 0 spiro atoms. The van der Waals surface area contributed by atoms with Gasteiger partial charge in [0.2, 0.25) is 0 Å². The summed E-state index contributed by atoms with van der Waals surface area (Å²) in [5, 5.41) is 5.24. The van der Waals surface area contributed by atoms with Crippen LogP contribution in [0.3, 0.4) is 0 Å². The molecule has 0 radical (unpaired) electrons. The number of hydrogen-bond acceptors (Lipinski definition) is 3. The predicted octanol–water partition coefficient (Wildman–Crippen LogP) is 1.98. The smallest absolute Gasteiger partial charge is 0.160 e. The van der Waals surface area contributed by atoms with Crippen LogP contribution >= 0.6 is 0 Å². The molecule has 2 N–H and O–H groups in total. The first kappa shape index (κ1) is 8.99. The Kier molecular flexibility index (Phi) is 2.11. The molecule has 0 aliphatic rings. The van der Waals surface area contributed by atoms with Crippen molar-refractivity contribution in [3.63, 3.8) is 0 Å². The second-order valence-corrected chi connectivity index (χ2v) is 3.48. The molecule has 14 heavy (non-hydrogen) atoms. The summed E-state index contributed by atoms with van der Waals surface area (Å²) >= 11 is 0. The standard InChI is InChI=1S/C10H14N4/c1-3-7(2)14-10-8(6-13-14)9(11)4-5-12-10/h4-7H,3H2,1-2H3,(H2,11,12). The summed E-state index contributed by atoms with van der Waals surface area (Å²) in [4.78, 5) is 4.29. The lowest BCUT2D eigenvalue weighted by atomic mass is 10.2. The Morgan fingerprint density at radius 2 is 2.36 bits per heavy atom. The Morgan fingerprint density at radius 1 is 1.57 bits per heavy atom. The number of nitrogens with zero attached hydrogens (tertiary/aromatic N) is 3. The zero-order valence-corrected chi connectivity index (χ0v) is 8.44. The van der Waals surface area contributed by atoms with E-state index in [1.807, 2.05) is 4.68 Å². The van der Waals surface area contributed by atoms with Gasteiger partial charge in [0.1, 0.15) is 0 Å². The largest absolute Gasteiger partial charge is 0.398 e. The molecule has 1 atom stereocenters. The average molecular weight is 190 g/mol. The van der Waals surface area contributed by atoms with Gasteiger partial charge in [-0.15, -0.1) is 0 Å². The van der Waals surface area contributed by atoms with Crippen molar-refractivity contribution in [3.05, 3.63) is 18.5 Å². The molecule has 0 bridgehead atoms. The van der Waals surface area contributed by atoms with E-state index in [1.54, 1.807) is 18.5 Å². The van der Waals surface area contributed by atoms with Gasteiger partial charge in [-0.2, -0.15) is 5.10 Å².